The molecule has 21 heavy (non-hydrogen) atoms. The summed E-state index contributed by atoms with van der Waals surface area (Å²) < 4.78 is 16.5. The van der Waals surface area contributed by atoms with Gasteiger partial charge in [-0.2, -0.15) is 0 Å². The number of fused-ring (bicyclic) bond motifs is 1. The summed E-state index contributed by atoms with van der Waals surface area (Å²) in [6.07, 6.45) is 0. The van der Waals surface area contributed by atoms with Crippen LogP contribution in [-0.2, 0) is 11.3 Å². The highest BCUT2D eigenvalue weighted by molar-refractivity contribution is 5.83. The molecule has 0 bridgehead atoms. The lowest BCUT2D eigenvalue weighted by Crippen LogP contribution is -2.40. The van der Waals surface area contributed by atoms with Gasteiger partial charge in [0.1, 0.15) is 5.76 Å². The van der Waals surface area contributed by atoms with Crippen molar-refractivity contribution in [2.75, 3.05) is 46.5 Å². The Labute approximate surface area is 124 Å². The van der Waals surface area contributed by atoms with Crippen LogP contribution in [0.25, 0.3) is 11.0 Å². The third-order valence-corrected chi connectivity index (χ3v) is 3.79. The van der Waals surface area contributed by atoms with E-state index in [0.717, 1.165) is 68.4 Å². The van der Waals surface area contributed by atoms with E-state index >= 15 is 0 Å². The molecule has 1 aromatic carbocycles. The molecule has 2 aromatic rings. The van der Waals surface area contributed by atoms with Gasteiger partial charge in [0.25, 0.3) is 0 Å². The number of morpholine rings is 1. The van der Waals surface area contributed by atoms with E-state index in [4.69, 9.17) is 13.9 Å². The number of methoxy groups -OCH3 is 1. The fourth-order valence-electron chi connectivity index (χ4n) is 2.61. The fraction of sp³-hybridized carbons (Fsp3) is 0.500. The van der Waals surface area contributed by atoms with Crippen LogP contribution in [0.3, 0.4) is 0 Å². The molecule has 5 nitrogen and oxygen atoms in total. The summed E-state index contributed by atoms with van der Waals surface area (Å²) in [6, 6.07) is 8.01. The molecule has 1 aliphatic heterocycles. The molecule has 1 saturated heterocycles. The summed E-state index contributed by atoms with van der Waals surface area (Å²) in [6.45, 7) is 6.50. The lowest BCUT2D eigenvalue weighted by molar-refractivity contribution is 0.0383. The van der Waals surface area contributed by atoms with Crippen LogP contribution in [0.2, 0.25) is 0 Å². The van der Waals surface area contributed by atoms with Crippen molar-refractivity contribution in [3.63, 3.8) is 0 Å². The fourth-order valence-corrected chi connectivity index (χ4v) is 2.61. The van der Waals surface area contributed by atoms with Gasteiger partial charge in [0, 0.05) is 31.6 Å². The van der Waals surface area contributed by atoms with Crippen LogP contribution in [0.1, 0.15) is 5.76 Å². The smallest absolute Gasteiger partial charge is 0.176 e. The Kier molecular flexibility index (Phi) is 4.75. The molecule has 3 rings (SSSR count). The Balaban J connectivity index is 1.51. The van der Waals surface area contributed by atoms with Crippen molar-refractivity contribution in [1.82, 2.24) is 10.2 Å². The van der Waals surface area contributed by atoms with Crippen LogP contribution in [-0.4, -0.2) is 51.4 Å². The molecule has 0 aliphatic carbocycles. The molecular formula is C16H22N2O3. The SMILES string of the molecule is COc1cccc2cc(CNCCN3CCOCC3)oc12. The van der Waals surface area contributed by atoms with E-state index in [-0.39, 0.29) is 0 Å². The Morgan fingerprint density at radius 3 is 2.95 bits per heavy atom. The summed E-state index contributed by atoms with van der Waals surface area (Å²) in [5.41, 5.74) is 0.824. The lowest BCUT2D eigenvalue weighted by Gasteiger charge is -2.26. The number of hydrogen-bond donors (Lipinski definition) is 1. The maximum atomic E-state index is 5.86. The van der Waals surface area contributed by atoms with Gasteiger partial charge in [-0.1, -0.05) is 12.1 Å². The van der Waals surface area contributed by atoms with E-state index in [0.29, 0.717) is 0 Å². The van der Waals surface area contributed by atoms with Crippen LogP contribution in [0.4, 0.5) is 0 Å². The van der Waals surface area contributed by atoms with Crippen LogP contribution in [0, 0.1) is 0 Å². The van der Waals surface area contributed by atoms with E-state index < -0.39 is 0 Å². The van der Waals surface area contributed by atoms with Crippen molar-refractivity contribution in [2.45, 2.75) is 6.54 Å². The first kappa shape index (κ1) is 14.4. The van der Waals surface area contributed by atoms with Crippen molar-refractivity contribution < 1.29 is 13.9 Å². The zero-order valence-corrected chi connectivity index (χ0v) is 12.4. The van der Waals surface area contributed by atoms with Gasteiger partial charge >= 0.3 is 0 Å². The summed E-state index contributed by atoms with van der Waals surface area (Å²) in [5.74, 6) is 1.73. The summed E-state index contributed by atoms with van der Waals surface area (Å²) in [5, 5.41) is 4.51. The van der Waals surface area contributed by atoms with Crippen LogP contribution in [0.15, 0.2) is 28.7 Å². The minimum absolute atomic E-state index is 0.738. The van der Waals surface area contributed by atoms with Crippen LogP contribution < -0.4 is 10.1 Å². The monoisotopic (exact) mass is 290 g/mol. The second-order valence-electron chi connectivity index (χ2n) is 5.22. The van der Waals surface area contributed by atoms with Crippen molar-refractivity contribution in [1.29, 1.82) is 0 Å². The molecule has 1 N–H and O–H groups in total. The zero-order valence-electron chi connectivity index (χ0n) is 12.4. The minimum Gasteiger partial charge on any atom is -0.493 e. The first-order valence-electron chi connectivity index (χ1n) is 7.43. The normalized spacial score (nSPS) is 16.4. The van der Waals surface area contributed by atoms with Crippen molar-refractivity contribution in [3.8, 4) is 5.75 Å². The molecule has 0 unspecified atom stereocenters. The van der Waals surface area contributed by atoms with Crippen molar-refractivity contribution in [2.24, 2.45) is 0 Å². The molecule has 2 heterocycles. The quantitative estimate of drug-likeness (QED) is 0.823. The largest absolute Gasteiger partial charge is 0.493 e. The van der Waals surface area contributed by atoms with E-state index in [2.05, 4.69) is 16.3 Å². The van der Waals surface area contributed by atoms with Crippen LogP contribution in [0.5, 0.6) is 5.75 Å². The second-order valence-corrected chi connectivity index (χ2v) is 5.22. The molecule has 5 heteroatoms. The maximum Gasteiger partial charge on any atom is 0.176 e. The molecule has 1 fully saturated rings. The van der Waals surface area contributed by atoms with Crippen molar-refractivity contribution in [3.05, 3.63) is 30.0 Å². The number of nitrogens with zero attached hydrogens (tertiary/aromatic N) is 1. The summed E-state index contributed by atoms with van der Waals surface area (Å²) in [7, 11) is 1.66. The number of ether oxygens (including phenoxy) is 2. The predicted octanol–water partition coefficient (Wildman–Crippen LogP) is 1.86. The molecule has 0 radical (unpaired) electrons. The maximum absolute atomic E-state index is 5.86. The lowest BCUT2D eigenvalue weighted by atomic mass is 10.2. The second kappa shape index (κ2) is 6.93. The van der Waals surface area contributed by atoms with Crippen molar-refractivity contribution >= 4 is 11.0 Å². The summed E-state index contributed by atoms with van der Waals surface area (Å²) in [4.78, 5) is 2.41. The van der Waals surface area contributed by atoms with Gasteiger partial charge in [0.05, 0.1) is 26.9 Å². The number of para-hydroxylation sites is 1. The van der Waals surface area contributed by atoms with E-state index in [1.54, 1.807) is 7.11 Å². The standard InChI is InChI=1S/C16H22N2O3/c1-19-15-4-2-3-13-11-14(21-16(13)15)12-17-5-6-18-7-9-20-10-8-18/h2-4,11,17H,5-10,12H2,1H3. The highest BCUT2D eigenvalue weighted by Crippen LogP contribution is 2.28. The number of rotatable bonds is 6. The van der Waals surface area contributed by atoms with Gasteiger partial charge in [-0.05, 0) is 12.1 Å². The third kappa shape index (κ3) is 3.56. The van der Waals surface area contributed by atoms with E-state index in [1.165, 1.54) is 0 Å². The van der Waals surface area contributed by atoms with E-state index in [9.17, 15) is 0 Å². The topological polar surface area (TPSA) is 46.9 Å². The number of benzene rings is 1. The zero-order chi connectivity index (χ0) is 14.5. The van der Waals surface area contributed by atoms with Gasteiger partial charge in [0.2, 0.25) is 0 Å². The molecule has 0 saturated carbocycles. The average molecular weight is 290 g/mol. The number of furan rings is 1. The highest BCUT2D eigenvalue weighted by atomic mass is 16.5. The van der Waals surface area contributed by atoms with Gasteiger partial charge in [-0.15, -0.1) is 0 Å². The Bertz CT molecular complexity index is 576. The first-order chi connectivity index (χ1) is 10.4. The molecule has 0 amide bonds. The molecule has 0 atom stereocenters. The Hall–Kier alpha value is -1.56. The highest BCUT2D eigenvalue weighted by Gasteiger charge is 2.10. The van der Waals surface area contributed by atoms with Crippen LogP contribution >= 0.6 is 0 Å². The molecule has 1 aromatic heterocycles. The first-order valence-corrected chi connectivity index (χ1v) is 7.43. The molecule has 0 spiro atoms. The third-order valence-electron chi connectivity index (χ3n) is 3.79. The van der Waals surface area contributed by atoms with Gasteiger partial charge in [0.15, 0.2) is 11.3 Å². The minimum atomic E-state index is 0.738. The predicted molar refractivity (Wildman–Crippen MR) is 81.7 cm³/mol. The molecular weight excluding hydrogens is 268 g/mol. The molecule has 114 valence electrons. The van der Waals surface area contributed by atoms with Gasteiger partial charge < -0.3 is 19.2 Å². The summed E-state index contributed by atoms with van der Waals surface area (Å²) >= 11 is 0. The molecule has 1 aliphatic rings. The number of hydrogen-bond acceptors (Lipinski definition) is 5. The van der Waals surface area contributed by atoms with E-state index in [1.807, 2.05) is 18.2 Å². The van der Waals surface area contributed by atoms with Gasteiger partial charge in [-0.25, -0.2) is 0 Å². The Morgan fingerprint density at radius 2 is 2.14 bits per heavy atom. The Morgan fingerprint density at radius 1 is 1.29 bits per heavy atom. The number of nitrogens with one attached hydrogen (secondary N) is 1. The average Bonchev–Trinajstić information content (AvgIpc) is 2.95. The van der Waals surface area contributed by atoms with Gasteiger partial charge in [-0.3, -0.25) is 4.90 Å².